The molecule has 0 atom stereocenters. The van der Waals surface area contributed by atoms with Gasteiger partial charge in [0, 0.05) is 27.5 Å². The smallest absolute Gasteiger partial charge is 0.271 e. The summed E-state index contributed by atoms with van der Waals surface area (Å²) in [7, 11) is 3.01. The fourth-order valence-corrected chi connectivity index (χ4v) is 2.59. The first kappa shape index (κ1) is 20.4. The number of nitrogens with one attached hydrogen (secondary N) is 2. The molecule has 0 fully saturated rings. The van der Waals surface area contributed by atoms with E-state index in [-0.39, 0.29) is 12.3 Å². The van der Waals surface area contributed by atoms with Crippen molar-refractivity contribution in [3.8, 4) is 11.5 Å². The maximum absolute atomic E-state index is 12.3. The lowest BCUT2D eigenvalue weighted by Crippen LogP contribution is -2.21. The van der Waals surface area contributed by atoms with Crippen LogP contribution in [0.3, 0.4) is 0 Å². The van der Waals surface area contributed by atoms with Crippen molar-refractivity contribution in [1.82, 2.24) is 5.43 Å². The van der Waals surface area contributed by atoms with Gasteiger partial charge in [0.05, 0.1) is 20.6 Å². The van der Waals surface area contributed by atoms with Crippen molar-refractivity contribution in [2.24, 2.45) is 5.10 Å². The number of hydrazone groups is 1. The van der Waals surface area contributed by atoms with Crippen LogP contribution < -0.4 is 20.2 Å². The van der Waals surface area contributed by atoms with Crippen molar-refractivity contribution in [2.75, 3.05) is 19.5 Å². The lowest BCUT2D eigenvalue weighted by atomic mass is 10.2. The minimum atomic E-state index is -0.432. The number of amides is 2. The van der Waals surface area contributed by atoms with Crippen molar-refractivity contribution in [3.63, 3.8) is 0 Å². The number of carbonyl (C=O) groups is 2. The normalized spacial score (nSPS) is 10.9. The molecule has 8 heteroatoms. The van der Waals surface area contributed by atoms with Gasteiger partial charge in [-0.2, -0.15) is 5.10 Å². The summed E-state index contributed by atoms with van der Waals surface area (Å²) in [6.07, 6.45) is 0.0498. The first-order chi connectivity index (χ1) is 12.9. The Bertz CT molecular complexity index is 846. The number of halogens is 1. The predicted octanol–water partition coefficient (Wildman–Crippen LogP) is 3.60. The summed E-state index contributed by atoms with van der Waals surface area (Å²) in [4.78, 5) is 24.3. The molecule has 0 aliphatic rings. The molecule has 7 nitrogen and oxygen atoms in total. The summed E-state index contributed by atoms with van der Waals surface area (Å²) in [6.45, 7) is 1.66. The molecule has 0 heterocycles. The quantitative estimate of drug-likeness (QED) is 0.515. The van der Waals surface area contributed by atoms with Gasteiger partial charge in [-0.3, -0.25) is 9.59 Å². The van der Waals surface area contributed by atoms with E-state index in [1.807, 2.05) is 12.1 Å². The van der Waals surface area contributed by atoms with E-state index in [0.717, 1.165) is 4.47 Å². The molecule has 0 saturated heterocycles. The van der Waals surface area contributed by atoms with Gasteiger partial charge in [-0.1, -0.05) is 22.0 Å². The summed E-state index contributed by atoms with van der Waals surface area (Å²) < 4.78 is 11.1. The van der Waals surface area contributed by atoms with E-state index in [9.17, 15) is 9.59 Å². The Morgan fingerprint density at radius 1 is 1.07 bits per heavy atom. The van der Waals surface area contributed by atoms with Crippen LogP contribution in [0, 0.1) is 0 Å². The Kier molecular flexibility index (Phi) is 7.36. The maximum Gasteiger partial charge on any atom is 0.271 e. The molecule has 0 saturated carbocycles. The van der Waals surface area contributed by atoms with E-state index >= 15 is 0 Å². The first-order valence-electron chi connectivity index (χ1n) is 8.03. The van der Waals surface area contributed by atoms with Crippen LogP contribution in [0.15, 0.2) is 52.0 Å². The second kappa shape index (κ2) is 9.72. The van der Waals surface area contributed by atoms with Crippen LogP contribution in [-0.4, -0.2) is 31.7 Å². The highest BCUT2D eigenvalue weighted by molar-refractivity contribution is 9.10. The Morgan fingerprint density at radius 3 is 2.33 bits per heavy atom. The van der Waals surface area contributed by atoms with Crippen molar-refractivity contribution in [1.29, 1.82) is 0 Å². The van der Waals surface area contributed by atoms with Gasteiger partial charge in [0.25, 0.3) is 5.91 Å². The van der Waals surface area contributed by atoms with E-state index in [4.69, 9.17) is 9.47 Å². The van der Waals surface area contributed by atoms with Crippen molar-refractivity contribution >= 4 is 39.1 Å². The van der Waals surface area contributed by atoms with Gasteiger partial charge in [-0.25, -0.2) is 5.43 Å². The number of methoxy groups -OCH3 is 2. The minimum Gasteiger partial charge on any atom is -0.497 e. The average Bonchev–Trinajstić information content (AvgIpc) is 2.65. The van der Waals surface area contributed by atoms with Gasteiger partial charge in [0.2, 0.25) is 5.91 Å². The van der Waals surface area contributed by atoms with Crippen molar-refractivity contribution in [2.45, 2.75) is 13.3 Å². The molecule has 0 unspecified atom stereocenters. The Morgan fingerprint density at radius 2 is 1.74 bits per heavy atom. The molecule has 2 rings (SSSR count). The molecule has 2 N–H and O–H groups in total. The van der Waals surface area contributed by atoms with E-state index in [1.54, 1.807) is 37.3 Å². The van der Waals surface area contributed by atoms with Gasteiger partial charge < -0.3 is 14.8 Å². The zero-order valence-corrected chi connectivity index (χ0v) is 16.8. The van der Waals surface area contributed by atoms with Gasteiger partial charge in [-0.05, 0) is 37.3 Å². The van der Waals surface area contributed by atoms with Gasteiger partial charge in [0.15, 0.2) is 0 Å². The van der Waals surface area contributed by atoms with E-state index in [1.165, 1.54) is 14.2 Å². The number of nitrogens with zero attached hydrogens (tertiary/aromatic N) is 1. The number of anilines is 1. The highest BCUT2D eigenvalue weighted by atomic mass is 79.9. The standard InChI is InChI=1S/C19H20BrN3O4/c1-12(7-18(24)21-15-6-4-5-14(20)10-15)22-23-19(25)13-8-16(26-2)11-17(9-13)27-3/h4-6,8-11H,7H2,1-3H3,(H,21,24)(H,23,25)/b22-12+. The summed E-state index contributed by atoms with van der Waals surface area (Å²) in [6, 6.07) is 12.1. The lowest BCUT2D eigenvalue weighted by molar-refractivity contribution is -0.115. The monoisotopic (exact) mass is 433 g/mol. The maximum atomic E-state index is 12.3. The van der Waals surface area contributed by atoms with Crippen LogP contribution >= 0.6 is 15.9 Å². The summed E-state index contributed by atoms with van der Waals surface area (Å²) in [5, 5.41) is 6.74. The minimum absolute atomic E-state index is 0.0498. The average molecular weight is 434 g/mol. The largest absolute Gasteiger partial charge is 0.497 e. The molecule has 0 bridgehead atoms. The number of hydrogen-bond acceptors (Lipinski definition) is 5. The van der Waals surface area contributed by atoms with Gasteiger partial charge in [0.1, 0.15) is 11.5 Å². The van der Waals surface area contributed by atoms with Crippen LogP contribution in [0.1, 0.15) is 23.7 Å². The second-order valence-electron chi connectivity index (χ2n) is 5.62. The summed E-state index contributed by atoms with van der Waals surface area (Å²) >= 11 is 3.35. The Balaban J connectivity index is 1.96. The van der Waals surface area contributed by atoms with Crippen LogP contribution in [0.25, 0.3) is 0 Å². The summed E-state index contributed by atoms with van der Waals surface area (Å²) in [5.74, 6) is 0.327. The Labute approximate surface area is 165 Å². The van der Waals surface area contributed by atoms with Crippen molar-refractivity contribution < 1.29 is 19.1 Å². The van der Waals surface area contributed by atoms with E-state index in [0.29, 0.717) is 28.5 Å². The fraction of sp³-hybridized carbons (Fsp3) is 0.211. The molecular formula is C19H20BrN3O4. The molecule has 27 heavy (non-hydrogen) atoms. The number of ether oxygens (including phenoxy) is 2. The molecule has 2 aromatic rings. The van der Waals surface area contributed by atoms with Crippen LogP contribution in [0.5, 0.6) is 11.5 Å². The first-order valence-corrected chi connectivity index (χ1v) is 8.82. The molecular weight excluding hydrogens is 414 g/mol. The van der Waals surface area contributed by atoms with E-state index in [2.05, 4.69) is 31.8 Å². The van der Waals surface area contributed by atoms with Gasteiger partial charge in [-0.15, -0.1) is 0 Å². The van der Waals surface area contributed by atoms with Crippen LogP contribution in [0.4, 0.5) is 5.69 Å². The third-order valence-corrected chi connectivity index (χ3v) is 3.98. The molecule has 0 spiro atoms. The topological polar surface area (TPSA) is 89.0 Å². The molecule has 2 amide bonds. The molecule has 0 radical (unpaired) electrons. The molecule has 0 aliphatic heterocycles. The molecule has 142 valence electrons. The fourth-order valence-electron chi connectivity index (χ4n) is 2.19. The van der Waals surface area contributed by atoms with E-state index < -0.39 is 5.91 Å². The predicted molar refractivity (Wildman–Crippen MR) is 108 cm³/mol. The number of benzene rings is 2. The third kappa shape index (κ3) is 6.41. The van der Waals surface area contributed by atoms with Crippen molar-refractivity contribution in [3.05, 3.63) is 52.5 Å². The summed E-state index contributed by atoms with van der Waals surface area (Å²) in [5.41, 5.74) is 3.90. The second-order valence-corrected chi connectivity index (χ2v) is 6.54. The molecule has 0 aliphatic carbocycles. The zero-order chi connectivity index (χ0) is 19.8. The highest BCUT2D eigenvalue weighted by Gasteiger charge is 2.10. The number of carbonyl (C=O) groups excluding carboxylic acids is 2. The molecule has 0 aromatic heterocycles. The Hall–Kier alpha value is -2.87. The molecule has 2 aromatic carbocycles. The lowest BCUT2D eigenvalue weighted by Gasteiger charge is -2.08. The van der Waals surface area contributed by atoms with Gasteiger partial charge >= 0.3 is 0 Å². The number of hydrogen-bond donors (Lipinski definition) is 2. The highest BCUT2D eigenvalue weighted by Crippen LogP contribution is 2.22. The number of rotatable bonds is 7. The SMILES string of the molecule is COc1cc(OC)cc(C(=O)N/N=C(\C)CC(=O)Nc2cccc(Br)c2)c1. The van der Waals surface area contributed by atoms with Crippen LogP contribution in [0.2, 0.25) is 0 Å². The third-order valence-electron chi connectivity index (χ3n) is 3.49. The zero-order valence-electron chi connectivity index (χ0n) is 15.2. The van der Waals surface area contributed by atoms with Crippen LogP contribution in [-0.2, 0) is 4.79 Å².